The number of carbonyl (C=O) groups excluding carboxylic acids is 1. The quantitative estimate of drug-likeness (QED) is 0.618. The molecule has 0 atom stereocenters. The molecule has 3 nitrogen and oxygen atoms in total. The minimum atomic E-state index is -0.409. The lowest BCUT2D eigenvalue weighted by atomic mass is 10.1. The SMILES string of the molecule is Cc1coc(SCC(=O)c2cccc(F)c2)n1. The van der Waals surface area contributed by atoms with Crippen LogP contribution in [-0.4, -0.2) is 16.5 Å². The van der Waals surface area contributed by atoms with Gasteiger partial charge in [-0.2, -0.15) is 0 Å². The topological polar surface area (TPSA) is 43.1 Å². The van der Waals surface area contributed by atoms with Gasteiger partial charge in [-0.05, 0) is 19.1 Å². The highest BCUT2D eigenvalue weighted by atomic mass is 32.2. The van der Waals surface area contributed by atoms with Gasteiger partial charge in [0.1, 0.15) is 12.1 Å². The maximum absolute atomic E-state index is 12.9. The Morgan fingerprint density at radius 2 is 2.35 bits per heavy atom. The molecule has 0 aliphatic rings. The maximum atomic E-state index is 12.9. The molecule has 1 aromatic carbocycles. The Bertz CT molecular complexity index is 539. The summed E-state index contributed by atoms with van der Waals surface area (Å²) in [5.41, 5.74) is 1.13. The molecule has 0 aliphatic carbocycles. The molecule has 0 saturated carbocycles. The summed E-state index contributed by atoms with van der Waals surface area (Å²) in [4.78, 5) is 15.8. The van der Waals surface area contributed by atoms with Crippen LogP contribution in [0.1, 0.15) is 16.1 Å². The zero-order valence-electron chi connectivity index (χ0n) is 9.14. The molecule has 0 N–H and O–H groups in total. The smallest absolute Gasteiger partial charge is 0.256 e. The summed E-state index contributed by atoms with van der Waals surface area (Å²) in [5, 5.41) is 0.451. The average Bonchev–Trinajstić information content (AvgIpc) is 2.72. The van der Waals surface area contributed by atoms with Gasteiger partial charge in [-0.1, -0.05) is 23.9 Å². The first-order valence-electron chi connectivity index (χ1n) is 4.99. The third-order valence-electron chi connectivity index (χ3n) is 2.07. The van der Waals surface area contributed by atoms with Crippen molar-refractivity contribution in [2.24, 2.45) is 0 Å². The van der Waals surface area contributed by atoms with Crippen LogP contribution in [-0.2, 0) is 0 Å². The number of halogens is 1. The first-order chi connectivity index (χ1) is 8.15. The highest BCUT2D eigenvalue weighted by Crippen LogP contribution is 2.18. The Labute approximate surface area is 102 Å². The number of hydrogen-bond donors (Lipinski definition) is 0. The second-order valence-corrected chi connectivity index (χ2v) is 4.40. The van der Waals surface area contributed by atoms with Crippen molar-refractivity contribution in [3.63, 3.8) is 0 Å². The number of ketones is 1. The van der Waals surface area contributed by atoms with Crippen molar-refractivity contribution in [2.75, 3.05) is 5.75 Å². The van der Waals surface area contributed by atoms with Crippen LogP contribution in [0.3, 0.4) is 0 Å². The summed E-state index contributed by atoms with van der Waals surface area (Å²) in [5.74, 6) is -0.373. The first kappa shape index (κ1) is 11.9. The van der Waals surface area contributed by atoms with Crippen LogP contribution < -0.4 is 0 Å². The van der Waals surface area contributed by atoms with Gasteiger partial charge in [0.15, 0.2) is 5.78 Å². The van der Waals surface area contributed by atoms with E-state index in [0.717, 1.165) is 5.69 Å². The Morgan fingerprint density at radius 1 is 1.53 bits per heavy atom. The predicted octanol–water partition coefficient (Wildman–Crippen LogP) is 3.10. The molecule has 2 aromatic rings. The van der Waals surface area contributed by atoms with Crippen LogP contribution in [0, 0.1) is 12.7 Å². The number of oxazole rings is 1. The molecule has 1 aromatic heterocycles. The largest absolute Gasteiger partial charge is 0.440 e. The lowest BCUT2D eigenvalue weighted by molar-refractivity contribution is 0.102. The molecule has 88 valence electrons. The van der Waals surface area contributed by atoms with Gasteiger partial charge >= 0.3 is 0 Å². The molecule has 2 rings (SSSR count). The minimum Gasteiger partial charge on any atom is -0.440 e. The van der Waals surface area contributed by atoms with Crippen LogP contribution in [0.25, 0.3) is 0 Å². The molecular formula is C12H10FNO2S. The van der Waals surface area contributed by atoms with Crippen LogP contribution >= 0.6 is 11.8 Å². The molecule has 0 unspecified atom stereocenters. The van der Waals surface area contributed by atoms with E-state index in [1.807, 2.05) is 6.92 Å². The normalized spacial score (nSPS) is 10.5. The maximum Gasteiger partial charge on any atom is 0.256 e. The summed E-state index contributed by atoms with van der Waals surface area (Å²) in [6.45, 7) is 1.81. The highest BCUT2D eigenvalue weighted by Gasteiger charge is 2.09. The summed E-state index contributed by atoms with van der Waals surface area (Å²) in [7, 11) is 0. The van der Waals surface area contributed by atoms with Crippen LogP contribution in [0.2, 0.25) is 0 Å². The molecule has 1 heterocycles. The Hall–Kier alpha value is -1.62. The highest BCUT2D eigenvalue weighted by molar-refractivity contribution is 7.99. The van der Waals surface area contributed by atoms with E-state index < -0.39 is 5.82 Å². The van der Waals surface area contributed by atoms with Crippen molar-refractivity contribution in [1.29, 1.82) is 0 Å². The number of aryl methyl sites for hydroxylation is 1. The van der Waals surface area contributed by atoms with E-state index >= 15 is 0 Å². The van der Waals surface area contributed by atoms with E-state index in [0.29, 0.717) is 10.8 Å². The molecule has 0 fully saturated rings. The third kappa shape index (κ3) is 3.17. The fourth-order valence-corrected chi connectivity index (χ4v) is 2.02. The van der Waals surface area contributed by atoms with E-state index in [-0.39, 0.29) is 11.5 Å². The minimum absolute atomic E-state index is 0.148. The van der Waals surface area contributed by atoms with E-state index in [4.69, 9.17) is 4.42 Å². The number of nitrogens with zero attached hydrogens (tertiary/aromatic N) is 1. The van der Waals surface area contributed by atoms with Crippen molar-refractivity contribution < 1.29 is 13.6 Å². The van der Waals surface area contributed by atoms with Crippen molar-refractivity contribution in [3.05, 3.63) is 47.6 Å². The summed E-state index contributed by atoms with van der Waals surface area (Å²) < 4.78 is 18.0. The van der Waals surface area contributed by atoms with E-state index in [2.05, 4.69) is 4.98 Å². The number of hydrogen-bond acceptors (Lipinski definition) is 4. The van der Waals surface area contributed by atoms with Gasteiger partial charge in [0.25, 0.3) is 5.22 Å². The summed E-state index contributed by atoms with van der Waals surface area (Å²) in [6, 6.07) is 5.64. The molecule has 0 saturated heterocycles. The van der Waals surface area contributed by atoms with Crippen molar-refractivity contribution in [2.45, 2.75) is 12.1 Å². The Morgan fingerprint density at radius 3 is 3.00 bits per heavy atom. The summed E-state index contributed by atoms with van der Waals surface area (Å²) in [6.07, 6.45) is 1.52. The number of thioether (sulfide) groups is 1. The van der Waals surface area contributed by atoms with Crippen LogP contribution in [0.15, 0.2) is 40.2 Å². The van der Waals surface area contributed by atoms with Gasteiger partial charge in [0.05, 0.1) is 11.4 Å². The number of carbonyl (C=O) groups is 1. The molecule has 0 spiro atoms. The van der Waals surface area contributed by atoms with Gasteiger partial charge in [0.2, 0.25) is 0 Å². The lowest BCUT2D eigenvalue weighted by Gasteiger charge is -1.98. The third-order valence-corrected chi connectivity index (χ3v) is 2.91. The fourth-order valence-electron chi connectivity index (χ4n) is 1.27. The summed E-state index contributed by atoms with van der Waals surface area (Å²) >= 11 is 1.20. The molecule has 0 radical (unpaired) electrons. The molecule has 17 heavy (non-hydrogen) atoms. The number of Topliss-reactive ketones (excluding diaryl/α,β-unsaturated/α-hetero) is 1. The zero-order chi connectivity index (χ0) is 12.3. The van der Waals surface area contributed by atoms with E-state index in [9.17, 15) is 9.18 Å². The fraction of sp³-hybridized carbons (Fsp3) is 0.167. The van der Waals surface area contributed by atoms with E-state index in [1.54, 1.807) is 6.07 Å². The standard InChI is InChI=1S/C12H10FNO2S/c1-8-6-16-12(14-8)17-7-11(15)9-3-2-4-10(13)5-9/h2-6H,7H2,1H3. The van der Waals surface area contributed by atoms with Crippen LogP contribution in [0.5, 0.6) is 0 Å². The average molecular weight is 251 g/mol. The van der Waals surface area contributed by atoms with Crippen molar-refractivity contribution in [3.8, 4) is 0 Å². The van der Waals surface area contributed by atoms with Gasteiger partial charge in [0, 0.05) is 5.56 Å². The molecular weight excluding hydrogens is 241 g/mol. The Kier molecular flexibility index (Phi) is 3.58. The van der Waals surface area contributed by atoms with Gasteiger partial charge in [-0.3, -0.25) is 4.79 Å². The number of benzene rings is 1. The number of aromatic nitrogens is 1. The van der Waals surface area contributed by atoms with Gasteiger partial charge in [-0.15, -0.1) is 0 Å². The number of rotatable bonds is 4. The second kappa shape index (κ2) is 5.14. The zero-order valence-corrected chi connectivity index (χ0v) is 9.96. The first-order valence-corrected chi connectivity index (χ1v) is 5.97. The van der Waals surface area contributed by atoms with E-state index in [1.165, 1.54) is 36.2 Å². The van der Waals surface area contributed by atoms with Crippen LogP contribution in [0.4, 0.5) is 4.39 Å². The second-order valence-electron chi connectivity index (χ2n) is 3.48. The van der Waals surface area contributed by atoms with Gasteiger partial charge < -0.3 is 4.42 Å². The van der Waals surface area contributed by atoms with Crippen molar-refractivity contribution in [1.82, 2.24) is 4.98 Å². The van der Waals surface area contributed by atoms with Gasteiger partial charge in [-0.25, -0.2) is 9.37 Å². The molecule has 0 amide bonds. The van der Waals surface area contributed by atoms with Crippen molar-refractivity contribution >= 4 is 17.5 Å². The Balaban J connectivity index is 1.98. The monoisotopic (exact) mass is 251 g/mol. The molecule has 5 heteroatoms. The predicted molar refractivity (Wildman–Crippen MR) is 62.7 cm³/mol. The molecule has 0 bridgehead atoms. The molecule has 0 aliphatic heterocycles. The lowest BCUT2D eigenvalue weighted by Crippen LogP contribution is -2.02.